The number of fused-ring (bicyclic) bond motifs is 1. The summed E-state index contributed by atoms with van der Waals surface area (Å²) in [6, 6.07) is 16.0. The molecule has 0 unspecified atom stereocenters. The van der Waals surface area contributed by atoms with Crippen LogP contribution in [-0.4, -0.2) is 27.9 Å². The number of benzene rings is 2. The highest BCUT2D eigenvalue weighted by atomic mass is 32.2. The number of thioether (sulfide) groups is 1. The maximum absolute atomic E-state index is 12.8. The van der Waals surface area contributed by atoms with Gasteiger partial charge in [0, 0.05) is 17.8 Å². The number of aryl methyl sites for hydroxylation is 1. The van der Waals surface area contributed by atoms with Crippen molar-refractivity contribution in [3.63, 3.8) is 0 Å². The second-order valence-electron chi connectivity index (χ2n) is 6.37. The Hall–Kier alpha value is -2.60. The molecule has 1 aliphatic rings. The van der Waals surface area contributed by atoms with E-state index in [0.29, 0.717) is 11.1 Å². The van der Waals surface area contributed by atoms with Crippen LogP contribution in [-0.2, 0) is 11.2 Å². The summed E-state index contributed by atoms with van der Waals surface area (Å²) in [7, 11) is 0. The van der Waals surface area contributed by atoms with Crippen LogP contribution in [0.25, 0.3) is 11.5 Å². The molecular formula is C20H19N3O2S. The molecule has 26 heavy (non-hydrogen) atoms. The fourth-order valence-corrected chi connectivity index (χ4v) is 3.80. The standard InChI is InChI=1S/C20H19N3O2S/c1-13-7-9-16(10-8-13)18-21-22-20(25-18)26-14(2)19(24)23-12-11-15-5-3-4-6-17(15)23/h3-10,14H,11-12H2,1-2H3/t14-/m0/s1. The molecule has 1 aliphatic heterocycles. The molecule has 0 aliphatic carbocycles. The van der Waals surface area contributed by atoms with E-state index in [1.165, 1.54) is 22.9 Å². The molecular weight excluding hydrogens is 346 g/mol. The number of hydrogen-bond donors (Lipinski definition) is 0. The predicted molar refractivity (Wildman–Crippen MR) is 102 cm³/mol. The first-order chi connectivity index (χ1) is 12.6. The van der Waals surface area contributed by atoms with Gasteiger partial charge in [0.05, 0.1) is 5.25 Å². The second-order valence-corrected chi connectivity index (χ2v) is 7.66. The van der Waals surface area contributed by atoms with Crippen molar-refractivity contribution < 1.29 is 9.21 Å². The Balaban J connectivity index is 1.46. The fourth-order valence-electron chi connectivity index (χ4n) is 3.06. The molecule has 0 radical (unpaired) electrons. The van der Waals surface area contributed by atoms with Crippen LogP contribution >= 0.6 is 11.8 Å². The molecule has 1 amide bonds. The van der Waals surface area contributed by atoms with E-state index < -0.39 is 0 Å². The fraction of sp³-hybridized carbons (Fsp3) is 0.250. The molecule has 3 aromatic rings. The zero-order valence-electron chi connectivity index (χ0n) is 14.7. The van der Waals surface area contributed by atoms with Gasteiger partial charge in [-0.1, -0.05) is 47.7 Å². The lowest BCUT2D eigenvalue weighted by Crippen LogP contribution is -2.35. The van der Waals surface area contributed by atoms with Gasteiger partial charge in [0.2, 0.25) is 11.8 Å². The summed E-state index contributed by atoms with van der Waals surface area (Å²) in [5, 5.41) is 8.30. The van der Waals surface area contributed by atoms with E-state index in [2.05, 4.69) is 16.3 Å². The van der Waals surface area contributed by atoms with Crippen molar-refractivity contribution in [2.45, 2.75) is 30.7 Å². The van der Waals surface area contributed by atoms with Gasteiger partial charge < -0.3 is 9.32 Å². The molecule has 0 bridgehead atoms. The Labute approximate surface area is 156 Å². The third kappa shape index (κ3) is 3.24. The van der Waals surface area contributed by atoms with E-state index in [-0.39, 0.29) is 11.2 Å². The van der Waals surface area contributed by atoms with Gasteiger partial charge in [0.25, 0.3) is 5.22 Å². The molecule has 0 N–H and O–H groups in total. The number of para-hydroxylation sites is 1. The number of amides is 1. The molecule has 1 atom stereocenters. The molecule has 2 heterocycles. The van der Waals surface area contributed by atoms with Crippen LogP contribution in [0.4, 0.5) is 5.69 Å². The average molecular weight is 365 g/mol. The van der Waals surface area contributed by atoms with Crippen molar-refractivity contribution >= 4 is 23.4 Å². The molecule has 5 nitrogen and oxygen atoms in total. The average Bonchev–Trinajstić information content (AvgIpc) is 3.29. The van der Waals surface area contributed by atoms with E-state index in [4.69, 9.17) is 4.42 Å². The van der Waals surface area contributed by atoms with Crippen LogP contribution in [0.5, 0.6) is 0 Å². The van der Waals surface area contributed by atoms with Crippen LogP contribution in [0, 0.1) is 6.92 Å². The van der Waals surface area contributed by atoms with E-state index in [0.717, 1.165) is 24.2 Å². The zero-order chi connectivity index (χ0) is 18.1. The highest BCUT2D eigenvalue weighted by molar-refractivity contribution is 8.00. The van der Waals surface area contributed by atoms with Gasteiger partial charge in [-0.15, -0.1) is 10.2 Å². The molecule has 2 aromatic carbocycles. The van der Waals surface area contributed by atoms with E-state index in [9.17, 15) is 4.79 Å². The van der Waals surface area contributed by atoms with Crippen LogP contribution in [0.2, 0.25) is 0 Å². The minimum absolute atomic E-state index is 0.0648. The number of carbonyl (C=O) groups is 1. The minimum atomic E-state index is -0.299. The Morgan fingerprint density at radius 3 is 2.73 bits per heavy atom. The van der Waals surface area contributed by atoms with E-state index >= 15 is 0 Å². The van der Waals surface area contributed by atoms with Crippen molar-refractivity contribution in [2.75, 3.05) is 11.4 Å². The maximum atomic E-state index is 12.8. The summed E-state index contributed by atoms with van der Waals surface area (Å²) < 4.78 is 5.73. The first-order valence-electron chi connectivity index (χ1n) is 8.58. The summed E-state index contributed by atoms with van der Waals surface area (Å²) >= 11 is 1.30. The Kier molecular flexibility index (Phi) is 4.51. The summed E-state index contributed by atoms with van der Waals surface area (Å²) in [6.07, 6.45) is 0.900. The van der Waals surface area contributed by atoms with Crippen LogP contribution in [0.1, 0.15) is 18.1 Å². The van der Waals surface area contributed by atoms with E-state index in [1.807, 2.05) is 61.2 Å². The van der Waals surface area contributed by atoms with Gasteiger partial charge in [0.1, 0.15) is 0 Å². The highest BCUT2D eigenvalue weighted by Gasteiger charge is 2.29. The number of anilines is 1. The van der Waals surface area contributed by atoms with Crippen LogP contribution in [0.15, 0.2) is 58.2 Å². The highest BCUT2D eigenvalue weighted by Crippen LogP contribution is 2.32. The van der Waals surface area contributed by atoms with Crippen molar-refractivity contribution in [3.05, 3.63) is 59.7 Å². The summed E-state index contributed by atoms with van der Waals surface area (Å²) in [5.74, 6) is 0.536. The molecule has 1 aromatic heterocycles. The second kappa shape index (κ2) is 6.96. The van der Waals surface area contributed by atoms with Crippen molar-refractivity contribution in [2.24, 2.45) is 0 Å². The lowest BCUT2D eigenvalue weighted by molar-refractivity contribution is -0.117. The molecule has 6 heteroatoms. The van der Waals surface area contributed by atoms with Crippen LogP contribution < -0.4 is 4.90 Å². The molecule has 0 saturated carbocycles. The number of rotatable bonds is 4. The van der Waals surface area contributed by atoms with Crippen molar-refractivity contribution in [1.29, 1.82) is 0 Å². The van der Waals surface area contributed by atoms with Crippen molar-refractivity contribution in [3.8, 4) is 11.5 Å². The van der Waals surface area contributed by atoms with Gasteiger partial charge in [-0.25, -0.2) is 0 Å². The molecule has 0 saturated heterocycles. The molecule has 0 fully saturated rings. The molecule has 4 rings (SSSR count). The molecule has 0 spiro atoms. The SMILES string of the molecule is Cc1ccc(-c2nnc(S[C@@H](C)C(=O)N3CCc4ccccc43)o2)cc1. The largest absolute Gasteiger partial charge is 0.411 e. The lowest BCUT2D eigenvalue weighted by Gasteiger charge is -2.20. The van der Waals surface area contributed by atoms with Crippen LogP contribution in [0.3, 0.4) is 0 Å². The van der Waals surface area contributed by atoms with Gasteiger partial charge in [-0.05, 0) is 44.0 Å². The predicted octanol–water partition coefficient (Wildman–Crippen LogP) is 4.11. The number of carbonyl (C=O) groups excluding carboxylic acids is 1. The summed E-state index contributed by atoms with van der Waals surface area (Å²) in [6.45, 7) is 4.63. The summed E-state index contributed by atoms with van der Waals surface area (Å²) in [5.41, 5.74) is 4.28. The van der Waals surface area contributed by atoms with Crippen molar-refractivity contribution in [1.82, 2.24) is 10.2 Å². The third-order valence-electron chi connectivity index (χ3n) is 4.48. The third-order valence-corrected chi connectivity index (χ3v) is 5.41. The zero-order valence-corrected chi connectivity index (χ0v) is 15.5. The van der Waals surface area contributed by atoms with E-state index in [1.54, 1.807) is 0 Å². The number of hydrogen-bond acceptors (Lipinski definition) is 5. The number of nitrogens with zero attached hydrogens (tertiary/aromatic N) is 3. The Bertz CT molecular complexity index is 936. The van der Waals surface area contributed by atoms with Gasteiger partial charge in [0.15, 0.2) is 0 Å². The minimum Gasteiger partial charge on any atom is -0.411 e. The monoisotopic (exact) mass is 365 g/mol. The van der Waals surface area contributed by atoms with Gasteiger partial charge in [-0.2, -0.15) is 0 Å². The normalized spacial score (nSPS) is 14.3. The Morgan fingerprint density at radius 2 is 1.92 bits per heavy atom. The maximum Gasteiger partial charge on any atom is 0.277 e. The summed E-state index contributed by atoms with van der Waals surface area (Å²) in [4.78, 5) is 14.7. The van der Waals surface area contributed by atoms with Gasteiger partial charge in [-0.3, -0.25) is 4.79 Å². The lowest BCUT2D eigenvalue weighted by atomic mass is 10.1. The topological polar surface area (TPSA) is 59.2 Å². The molecule has 132 valence electrons. The Morgan fingerprint density at radius 1 is 1.15 bits per heavy atom. The smallest absolute Gasteiger partial charge is 0.277 e. The number of aromatic nitrogens is 2. The first-order valence-corrected chi connectivity index (χ1v) is 9.46. The first kappa shape index (κ1) is 16.8. The van der Waals surface area contributed by atoms with Gasteiger partial charge >= 0.3 is 0 Å². The quantitative estimate of drug-likeness (QED) is 0.651.